The zero-order valence-electron chi connectivity index (χ0n) is 11.7. The van der Waals surface area contributed by atoms with Crippen LogP contribution in [0, 0.1) is 11.7 Å². The molecule has 21 heavy (non-hydrogen) atoms. The van der Waals surface area contributed by atoms with Crippen LogP contribution in [0.1, 0.15) is 17.9 Å². The maximum Gasteiger partial charge on any atom is 0.228 e. The van der Waals surface area contributed by atoms with Crippen LogP contribution in [-0.4, -0.2) is 13.0 Å². The maximum absolute atomic E-state index is 13.5. The molecule has 2 aromatic rings. The second-order valence-electron chi connectivity index (χ2n) is 5.19. The summed E-state index contributed by atoms with van der Waals surface area (Å²) in [7, 11) is 1.62. The molecule has 2 aromatic carbocycles. The number of benzene rings is 2. The number of para-hydroxylation sites is 1. The predicted octanol–water partition coefficient (Wildman–Crippen LogP) is 3.58. The number of halogens is 1. The van der Waals surface area contributed by atoms with E-state index in [0.29, 0.717) is 0 Å². The van der Waals surface area contributed by atoms with E-state index in [1.807, 2.05) is 24.3 Å². The Balaban J connectivity index is 1.64. The van der Waals surface area contributed by atoms with E-state index in [1.165, 1.54) is 6.07 Å². The van der Waals surface area contributed by atoms with E-state index in [1.54, 1.807) is 25.3 Å². The summed E-state index contributed by atoms with van der Waals surface area (Å²) in [5, 5.41) is 2.66. The quantitative estimate of drug-likeness (QED) is 0.932. The van der Waals surface area contributed by atoms with Crippen molar-refractivity contribution in [1.82, 2.24) is 0 Å². The first-order chi connectivity index (χ1) is 10.2. The predicted molar refractivity (Wildman–Crippen MR) is 78.9 cm³/mol. The van der Waals surface area contributed by atoms with Crippen LogP contribution in [0.15, 0.2) is 48.5 Å². The van der Waals surface area contributed by atoms with Crippen molar-refractivity contribution in [3.63, 3.8) is 0 Å². The van der Waals surface area contributed by atoms with Gasteiger partial charge in [0.05, 0.1) is 12.8 Å². The van der Waals surface area contributed by atoms with E-state index >= 15 is 0 Å². The van der Waals surface area contributed by atoms with Crippen molar-refractivity contribution in [3.8, 4) is 5.75 Å². The number of ether oxygens (including phenoxy) is 1. The van der Waals surface area contributed by atoms with Crippen molar-refractivity contribution in [2.24, 2.45) is 5.92 Å². The summed E-state index contributed by atoms with van der Waals surface area (Å²) in [6, 6.07) is 13.9. The summed E-state index contributed by atoms with van der Waals surface area (Å²) >= 11 is 0. The molecular weight excluding hydrogens is 269 g/mol. The highest BCUT2D eigenvalue weighted by Gasteiger charge is 2.44. The minimum atomic E-state index is -0.410. The minimum absolute atomic E-state index is 0.0852. The second-order valence-corrected chi connectivity index (χ2v) is 5.19. The largest absolute Gasteiger partial charge is 0.497 e. The van der Waals surface area contributed by atoms with Crippen molar-refractivity contribution in [1.29, 1.82) is 0 Å². The normalized spacial score (nSPS) is 19.9. The van der Waals surface area contributed by atoms with Gasteiger partial charge in [0.25, 0.3) is 0 Å². The number of amides is 1. The first-order valence-electron chi connectivity index (χ1n) is 6.88. The molecule has 0 aliphatic heterocycles. The Bertz CT molecular complexity index is 654. The van der Waals surface area contributed by atoms with Crippen molar-refractivity contribution < 1.29 is 13.9 Å². The van der Waals surface area contributed by atoms with Crippen LogP contribution in [-0.2, 0) is 4.79 Å². The highest BCUT2D eigenvalue weighted by molar-refractivity contribution is 5.95. The SMILES string of the molecule is COc1ccc(C2CC2C(=O)Nc2ccccc2F)cc1. The number of rotatable bonds is 4. The first kappa shape index (κ1) is 13.6. The molecule has 0 aromatic heterocycles. The lowest BCUT2D eigenvalue weighted by Gasteiger charge is -2.06. The highest BCUT2D eigenvalue weighted by atomic mass is 19.1. The molecule has 4 heteroatoms. The number of methoxy groups -OCH3 is 1. The molecule has 3 nitrogen and oxygen atoms in total. The zero-order chi connectivity index (χ0) is 14.8. The third-order valence-electron chi connectivity index (χ3n) is 3.80. The van der Waals surface area contributed by atoms with Gasteiger partial charge in [-0.15, -0.1) is 0 Å². The first-order valence-corrected chi connectivity index (χ1v) is 6.88. The van der Waals surface area contributed by atoms with Gasteiger partial charge in [-0.1, -0.05) is 24.3 Å². The van der Waals surface area contributed by atoms with Gasteiger partial charge in [0.2, 0.25) is 5.91 Å². The Morgan fingerprint density at radius 3 is 2.57 bits per heavy atom. The van der Waals surface area contributed by atoms with Crippen LogP contribution in [0.4, 0.5) is 10.1 Å². The van der Waals surface area contributed by atoms with Crippen LogP contribution >= 0.6 is 0 Å². The molecule has 2 atom stereocenters. The van der Waals surface area contributed by atoms with Crippen molar-refractivity contribution in [3.05, 3.63) is 59.9 Å². The van der Waals surface area contributed by atoms with Gasteiger partial charge < -0.3 is 10.1 Å². The van der Waals surface area contributed by atoms with Crippen LogP contribution < -0.4 is 10.1 Å². The van der Waals surface area contributed by atoms with Gasteiger partial charge in [0, 0.05) is 5.92 Å². The molecule has 0 spiro atoms. The molecule has 1 fully saturated rings. The van der Waals surface area contributed by atoms with E-state index < -0.39 is 5.82 Å². The number of hydrogen-bond donors (Lipinski definition) is 1. The zero-order valence-corrected chi connectivity index (χ0v) is 11.7. The number of hydrogen-bond acceptors (Lipinski definition) is 2. The summed E-state index contributed by atoms with van der Waals surface area (Å²) < 4.78 is 18.6. The molecule has 0 saturated heterocycles. The number of anilines is 1. The number of nitrogens with one attached hydrogen (secondary N) is 1. The summed E-state index contributed by atoms with van der Waals surface area (Å²) in [6.45, 7) is 0. The van der Waals surface area contributed by atoms with E-state index in [-0.39, 0.29) is 23.4 Å². The van der Waals surface area contributed by atoms with Gasteiger partial charge in [0.1, 0.15) is 11.6 Å². The van der Waals surface area contributed by atoms with E-state index in [4.69, 9.17) is 4.74 Å². The van der Waals surface area contributed by atoms with Crippen LogP contribution in [0.5, 0.6) is 5.75 Å². The lowest BCUT2D eigenvalue weighted by atomic mass is 10.1. The molecule has 3 rings (SSSR count). The number of carbonyl (C=O) groups is 1. The summed E-state index contributed by atoms with van der Waals surface area (Å²) in [5.41, 5.74) is 1.35. The average Bonchev–Trinajstić information content (AvgIpc) is 3.30. The van der Waals surface area contributed by atoms with E-state index in [0.717, 1.165) is 17.7 Å². The summed E-state index contributed by atoms with van der Waals surface area (Å²) in [4.78, 5) is 12.1. The molecule has 0 bridgehead atoms. The van der Waals surface area contributed by atoms with Gasteiger partial charge in [-0.05, 0) is 42.2 Å². The van der Waals surface area contributed by atoms with Crippen molar-refractivity contribution in [2.45, 2.75) is 12.3 Å². The van der Waals surface area contributed by atoms with Gasteiger partial charge in [-0.2, -0.15) is 0 Å². The Morgan fingerprint density at radius 2 is 1.90 bits per heavy atom. The summed E-state index contributed by atoms with van der Waals surface area (Å²) in [6.07, 6.45) is 0.798. The van der Waals surface area contributed by atoms with Gasteiger partial charge >= 0.3 is 0 Å². The molecule has 1 aliphatic carbocycles. The minimum Gasteiger partial charge on any atom is -0.497 e. The van der Waals surface area contributed by atoms with Crippen molar-refractivity contribution >= 4 is 11.6 Å². The fourth-order valence-corrected chi connectivity index (χ4v) is 2.49. The van der Waals surface area contributed by atoms with E-state index in [2.05, 4.69) is 5.32 Å². The molecule has 1 aliphatic rings. The third-order valence-corrected chi connectivity index (χ3v) is 3.80. The molecule has 108 valence electrons. The molecule has 1 amide bonds. The molecular formula is C17H16FNO2. The van der Waals surface area contributed by atoms with Crippen molar-refractivity contribution in [2.75, 3.05) is 12.4 Å². The average molecular weight is 285 g/mol. The van der Waals surface area contributed by atoms with Gasteiger partial charge in [-0.3, -0.25) is 4.79 Å². The number of carbonyl (C=O) groups excluding carboxylic acids is 1. The molecule has 1 N–H and O–H groups in total. The van der Waals surface area contributed by atoms with E-state index in [9.17, 15) is 9.18 Å². The second kappa shape index (κ2) is 5.56. The van der Waals surface area contributed by atoms with Crippen LogP contribution in [0.25, 0.3) is 0 Å². The fraction of sp³-hybridized carbons (Fsp3) is 0.235. The Labute approximate surface area is 122 Å². The monoisotopic (exact) mass is 285 g/mol. The van der Waals surface area contributed by atoms with Crippen LogP contribution in [0.3, 0.4) is 0 Å². The van der Waals surface area contributed by atoms with Gasteiger partial charge in [0.15, 0.2) is 0 Å². The highest BCUT2D eigenvalue weighted by Crippen LogP contribution is 2.48. The van der Waals surface area contributed by atoms with Gasteiger partial charge in [-0.25, -0.2) is 4.39 Å². The molecule has 0 radical (unpaired) electrons. The lowest BCUT2D eigenvalue weighted by molar-refractivity contribution is -0.117. The third kappa shape index (κ3) is 2.89. The smallest absolute Gasteiger partial charge is 0.228 e. The standard InChI is InChI=1S/C17H16FNO2/c1-21-12-8-6-11(7-9-12)13-10-14(13)17(20)19-16-5-3-2-4-15(16)18/h2-9,13-14H,10H2,1H3,(H,19,20). The Hall–Kier alpha value is -2.36. The lowest BCUT2D eigenvalue weighted by Crippen LogP contribution is -2.15. The Morgan fingerprint density at radius 1 is 1.19 bits per heavy atom. The molecule has 0 heterocycles. The maximum atomic E-state index is 13.5. The molecule has 2 unspecified atom stereocenters. The fourth-order valence-electron chi connectivity index (χ4n) is 2.49. The Kier molecular flexibility index (Phi) is 3.60. The van der Waals surface area contributed by atoms with Crippen LogP contribution in [0.2, 0.25) is 0 Å². The molecule has 1 saturated carbocycles. The topological polar surface area (TPSA) is 38.3 Å². The summed E-state index contributed by atoms with van der Waals surface area (Å²) in [5.74, 6) is 0.390.